The van der Waals surface area contributed by atoms with Crippen molar-refractivity contribution in [3.63, 3.8) is 0 Å². The lowest BCUT2D eigenvalue weighted by molar-refractivity contribution is -0.146. The van der Waals surface area contributed by atoms with Gasteiger partial charge in [0, 0.05) is 33.1 Å². The van der Waals surface area contributed by atoms with Gasteiger partial charge in [-0.25, -0.2) is 9.59 Å². The molecule has 2 saturated heterocycles. The first-order valence-corrected chi connectivity index (χ1v) is 11.3. The molecule has 2 aliphatic heterocycles. The minimum Gasteiger partial charge on any atom is -0.467 e. The zero-order valence-electron chi connectivity index (χ0n) is 13.3. The quantitative estimate of drug-likeness (QED) is 0.626. The molecule has 0 radical (unpaired) electrons. The summed E-state index contributed by atoms with van der Waals surface area (Å²) in [6, 6.07) is 0.462. The van der Waals surface area contributed by atoms with E-state index >= 15 is 0 Å². The number of ether oxygens (including phenoxy) is 2. The Morgan fingerprint density at radius 3 is 2.62 bits per heavy atom. The molecule has 0 unspecified atom stereocenters. The van der Waals surface area contributed by atoms with Crippen molar-refractivity contribution >= 4 is 20.1 Å². The van der Waals surface area contributed by atoms with Crippen molar-refractivity contribution in [1.29, 1.82) is 0 Å². The molecule has 21 heavy (non-hydrogen) atoms. The van der Waals surface area contributed by atoms with Gasteiger partial charge in [0.05, 0.1) is 13.7 Å². The van der Waals surface area contributed by atoms with Crippen molar-refractivity contribution in [1.82, 2.24) is 10.2 Å². The number of carbonyl (C=O) groups excluding carboxylic acids is 2. The summed E-state index contributed by atoms with van der Waals surface area (Å²) in [5, 5.41) is 3.27. The van der Waals surface area contributed by atoms with Crippen molar-refractivity contribution in [2.75, 3.05) is 26.8 Å². The van der Waals surface area contributed by atoms with Gasteiger partial charge < -0.3 is 14.8 Å². The highest BCUT2D eigenvalue weighted by molar-refractivity contribution is 6.76. The molecule has 2 aliphatic rings. The van der Waals surface area contributed by atoms with Crippen LogP contribution in [-0.4, -0.2) is 63.9 Å². The van der Waals surface area contributed by atoms with Gasteiger partial charge in [0.25, 0.3) is 0 Å². The van der Waals surface area contributed by atoms with E-state index in [4.69, 9.17) is 9.47 Å². The second-order valence-electron chi connectivity index (χ2n) is 7.11. The number of amides is 1. The largest absolute Gasteiger partial charge is 0.467 e. The van der Waals surface area contributed by atoms with Crippen molar-refractivity contribution in [2.24, 2.45) is 5.92 Å². The molecule has 7 heteroatoms. The fraction of sp³-hybridized carbons (Fsp3) is 0.857. The lowest BCUT2D eigenvalue weighted by Gasteiger charge is -2.27. The summed E-state index contributed by atoms with van der Waals surface area (Å²) in [6.07, 6.45) is 0.468. The molecule has 0 spiro atoms. The van der Waals surface area contributed by atoms with Crippen LogP contribution in [0.2, 0.25) is 25.7 Å². The van der Waals surface area contributed by atoms with E-state index in [9.17, 15) is 9.59 Å². The van der Waals surface area contributed by atoms with Crippen LogP contribution in [0.15, 0.2) is 0 Å². The standard InChI is InChI=1S/C14H26N2O4Si/c1-19-13(17)12-10-7-11(9-15-8-10)16(12)14(18)20-5-6-21(2,3)4/h10-12,15H,5-9H2,1-4H3/t10-,11+,12+/m0/s1. The molecular weight excluding hydrogens is 288 g/mol. The highest BCUT2D eigenvalue weighted by atomic mass is 28.3. The van der Waals surface area contributed by atoms with Crippen molar-refractivity contribution in [2.45, 2.75) is 44.2 Å². The van der Waals surface area contributed by atoms with Crippen LogP contribution in [0.1, 0.15) is 6.42 Å². The Morgan fingerprint density at radius 1 is 1.29 bits per heavy atom. The van der Waals surface area contributed by atoms with Crippen LogP contribution in [0.4, 0.5) is 4.79 Å². The molecule has 0 aromatic carbocycles. The maximum Gasteiger partial charge on any atom is 0.410 e. The van der Waals surface area contributed by atoms with Gasteiger partial charge in [0.15, 0.2) is 0 Å². The van der Waals surface area contributed by atoms with Crippen LogP contribution in [0.25, 0.3) is 0 Å². The van der Waals surface area contributed by atoms with E-state index in [0.29, 0.717) is 13.2 Å². The average Bonchev–Trinajstić information content (AvgIpc) is 2.67. The van der Waals surface area contributed by atoms with Crippen LogP contribution in [0.5, 0.6) is 0 Å². The number of likely N-dealkylation sites (tertiary alicyclic amines) is 1. The van der Waals surface area contributed by atoms with E-state index in [2.05, 4.69) is 25.0 Å². The molecule has 2 heterocycles. The predicted molar refractivity (Wildman–Crippen MR) is 81.9 cm³/mol. The number of rotatable bonds is 4. The maximum atomic E-state index is 12.4. The molecule has 120 valence electrons. The first-order valence-electron chi connectivity index (χ1n) is 7.57. The van der Waals surface area contributed by atoms with Gasteiger partial charge in [0.1, 0.15) is 6.04 Å². The van der Waals surface area contributed by atoms with E-state index in [1.54, 1.807) is 4.90 Å². The second-order valence-corrected chi connectivity index (χ2v) is 12.7. The molecule has 2 rings (SSSR count). The van der Waals surface area contributed by atoms with E-state index in [1.165, 1.54) is 7.11 Å². The molecule has 2 bridgehead atoms. The van der Waals surface area contributed by atoms with E-state index in [-0.39, 0.29) is 24.0 Å². The van der Waals surface area contributed by atoms with Gasteiger partial charge in [-0.1, -0.05) is 19.6 Å². The second kappa shape index (κ2) is 6.35. The number of hydrogen-bond acceptors (Lipinski definition) is 5. The monoisotopic (exact) mass is 314 g/mol. The van der Waals surface area contributed by atoms with Gasteiger partial charge in [-0.05, 0) is 12.5 Å². The summed E-state index contributed by atoms with van der Waals surface area (Å²) >= 11 is 0. The predicted octanol–water partition coefficient (Wildman–Crippen LogP) is 1.30. The summed E-state index contributed by atoms with van der Waals surface area (Å²) in [4.78, 5) is 26.0. The topological polar surface area (TPSA) is 67.9 Å². The number of esters is 1. The zero-order chi connectivity index (χ0) is 15.6. The van der Waals surface area contributed by atoms with Crippen molar-refractivity contribution < 1.29 is 19.1 Å². The zero-order valence-corrected chi connectivity index (χ0v) is 14.3. The van der Waals surface area contributed by atoms with Crippen LogP contribution in [0, 0.1) is 5.92 Å². The highest BCUT2D eigenvalue weighted by Crippen LogP contribution is 2.33. The Balaban J connectivity index is 2.01. The van der Waals surface area contributed by atoms with Gasteiger partial charge in [-0.3, -0.25) is 4.90 Å². The summed E-state index contributed by atoms with van der Waals surface area (Å²) in [5.41, 5.74) is 0. The molecule has 2 fully saturated rings. The molecule has 0 saturated carbocycles. The lowest BCUT2D eigenvalue weighted by Crippen LogP contribution is -2.47. The van der Waals surface area contributed by atoms with Gasteiger partial charge >= 0.3 is 12.1 Å². The van der Waals surface area contributed by atoms with E-state index in [1.807, 2.05) is 0 Å². The first-order chi connectivity index (χ1) is 9.83. The highest BCUT2D eigenvalue weighted by Gasteiger charge is 2.50. The number of nitrogens with zero attached hydrogens (tertiary/aromatic N) is 1. The molecule has 0 aromatic heterocycles. The van der Waals surface area contributed by atoms with E-state index in [0.717, 1.165) is 19.0 Å². The minimum atomic E-state index is -1.24. The fourth-order valence-electron chi connectivity index (χ4n) is 3.07. The average molecular weight is 314 g/mol. The number of hydrogen-bond donors (Lipinski definition) is 1. The first kappa shape index (κ1) is 16.3. The number of piperidine rings is 1. The molecule has 1 N–H and O–H groups in total. The molecule has 0 aromatic rings. The Morgan fingerprint density at radius 2 is 2.00 bits per heavy atom. The Hall–Kier alpha value is -1.08. The van der Waals surface area contributed by atoms with Crippen LogP contribution in [0.3, 0.4) is 0 Å². The maximum absolute atomic E-state index is 12.4. The third kappa shape index (κ3) is 3.77. The molecule has 3 atom stereocenters. The van der Waals surface area contributed by atoms with Crippen LogP contribution in [-0.2, 0) is 14.3 Å². The number of methoxy groups -OCH3 is 1. The Bertz CT molecular complexity index is 410. The number of carbonyl (C=O) groups is 2. The smallest absolute Gasteiger partial charge is 0.410 e. The van der Waals surface area contributed by atoms with Gasteiger partial charge in [0.2, 0.25) is 0 Å². The Kier molecular flexibility index (Phi) is 4.93. The lowest BCUT2D eigenvalue weighted by atomic mass is 9.96. The number of fused-ring (bicyclic) bond motifs is 2. The summed E-state index contributed by atoms with van der Waals surface area (Å²) in [5.74, 6) is -0.214. The van der Waals surface area contributed by atoms with Crippen LogP contribution < -0.4 is 5.32 Å². The van der Waals surface area contributed by atoms with Gasteiger partial charge in [-0.15, -0.1) is 0 Å². The Labute approximate surface area is 127 Å². The summed E-state index contributed by atoms with van der Waals surface area (Å²) in [6.45, 7) is 8.62. The number of nitrogens with one attached hydrogen (secondary N) is 1. The molecule has 1 amide bonds. The third-order valence-electron chi connectivity index (χ3n) is 4.23. The molecule has 6 nitrogen and oxygen atoms in total. The van der Waals surface area contributed by atoms with E-state index < -0.39 is 14.1 Å². The van der Waals surface area contributed by atoms with Crippen molar-refractivity contribution in [3.8, 4) is 0 Å². The van der Waals surface area contributed by atoms with Crippen LogP contribution >= 0.6 is 0 Å². The normalized spacial score (nSPS) is 28.4. The fourth-order valence-corrected chi connectivity index (χ4v) is 3.78. The molecule has 0 aliphatic carbocycles. The summed E-state index contributed by atoms with van der Waals surface area (Å²) < 4.78 is 10.3. The third-order valence-corrected chi connectivity index (χ3v) is 5.94. The van der Waals surface area contributed by atoms with Gasteiger partial charge in [-0.2, -0.15) is 0 Å². The van der Waals surface area contributed by atoms with Crippen molar-refractivity contribution in [3.05, 3.63) is 0 Å². The molecular formula is C14H26N2O4Si. The minimum absolute atomic E-state index is 0.0345. The SMILES string of the molecule is COC(=O)[C@H]1[C@@H]2CNC[C@@H](C2)N1C(=O)OCC[Si](C)(C)C. The summed E-state index contributed by atoms with van der Waals surface area (Å²) in [7, 11) is 0.132.